The summed E-state index contributed by atoms with van der Waals surface area (Å²) in [4.78, 5) is 9.23. The highest BCUT2D eigenvalue weighted by atomic mass is 14.9. The van der Waals surface area contributed by atoms with Gasteiger partial charge in [0.15, 0.2) is 0 Å². The van der Waals surface area contributed by atoms with E-state index in [2.05, 4.69) is 24.0 Å². The summed E-state index contributed by atoms with van der Waals surface area (Å²) in [5, 5.41) is 0. The molecule has 0 atom stereocenters. The van der Waals surface area contributed by atoms with Gasteiger partial charge in [0, 0.05) is 23.2 Å². The molecular formula is C17H23N3. The monoisotopic (exact) mass is 269 g/mol. The molecule has 0 radical (unpaired) electrons. The second kappa shape index (κ2) is 5.71. The van der Waals surface area contributed by atoms with Crippen molar-refractivity contribution < 1.29 is 0 Å². The Bertz CT molecular complexity index is 597. The number of rotatable bonds is 4. The number of aryl methyl sites for hydroxylation is 3. The Hall–Kier alpha value is -1.74. The number of nitrogens with two attached hydrogens (primary N) is 1. The standard InChI is InChI=1S/C17H23N3/c1-12-7-5-6-8-14(12)15-11-13(2)19-16(20-15)9-10-17(3,4)18/h5-8,11H,9-10,18H2,1-4H3. The van der Waals surface area contributed by atoms with E-state index in [4.69, 9.17) is 10.7 Å². The molecule has 2 N–H and O–H groups in total. The van der Waals surface area contributed by atoms with Gasteiger partial charge in [0.2, 0.25) is 0 Å². The van der Waals surface area contributed by atoms with Gasteiger partial charge in [0.1, 0.15) is 5.82 Å². The predicted molar refractivity (Wildman–Crippen MR) is 83.5 cm³/mol. The first-order chi connectivity index (χ1) is 9.35. The largest absolute Gasteiger partial charge is 0.326 e. The quantitative estimate of drug-likeness (QED) is 0.925. The first kappa shape index (κ1) is 14.7. The minimum absolute atomic E-state index is 0.185. The van der Waals surface area contributed by atoms with Crippen molar-refractivity contribution in [2.45, 2.75) is 46.1 Å². The van der Waals surface area contributed by atoms with Crippen LogP contribution in [-0.4, -0.2) is 15.5 Å². The zero-order valence-corrected chi connectivity index (χ0v) is 12.8. The van der Waals surface area contributed by atoms with E-state index in [1.165, 1.54) is 11.1 Å². The lowest BCUT2D eigenvalue weighted by molar-refractivity contribution is 0.470. The third-order valence-electron chi connectivity index (χ3n) is 3.31. The van der Waals surface area contributed by atoms with Crippen LogP contribution in [-0.2, 0) is 6.42 Å². The van der Waals surface area contributed by atoms with Gasteiger partial charge in [-0.05, 0) is 45.7 Å². The van der Waals surface area contributed by atoms with Crippen molar-refractivity contribution in [1.29, 1.82) is 0 Å². The summed E-state index contributed by atoms with van der Waals surface area (Å²) in [6.07, 6.45) is 1.69. The Morgan fingerprint density at radius 1 is 1.10 bits per heavy atom. The highest BCUT2D eigenvalue weighted by Gasteiger charge is 2.13. The van der Waals surface area contributed by atoms with E-state index in [-0.39, 0.29) is 5.54 Å². The molecule has 0 saturated heterocycles. The molecule has 2 aromatic rings. The smallest absolute Gasteiger partial charge is 0.129 e. The average Bonchev–Trinajstić information content (AvgIpc) is 2.35. The van der Waals surface area contributed by atoms with Gasteiger partial charge in [0.05, 0.1) is 5.69 Å². The van der Waals surface area contributed by atoms with Crippen molar-refractivity contribution >= 4 is 0 Å². The number of hydrogen-bond acceptors (Lipinski definition) is 3. The molecule has 0 aliphatic carbocycles. The zero-order valence-electron chi connectivity index (χ0n) is 12.8. The SMILES string of the molecule is Cc1cc(-c2ccccc2C)nc(CCC(C)(C)N)n1. The molecule has 0 saturated carbocycles. The van der Waals surface area contributed by atoms with E-state index in [1.54, 1.807) is 0 Å². The van der Waals surface area contributed by atoms with Crippen molar-refractivity contribution in [3.63, 3.8) is 0 Å². The van der Waals surface area contributed by atoms with E-state index in [0.717, 1.165) is 30.1 Å². The molecule has 0 spiro atoms. The minimum Gasteiger partial charge on any atom is -0.326 e. The molecule has 3 heteroatoms. The summed E-state index contributed by atoms with van der Waals surface area (Å²) in [7, 11) is 0. The second-order valence-electron chi connectivity index (χ2n) is 6.11. The van der Waals surface area contributed by atoms with E-state index in [1.807, 2.05) is 39.0 Å². The van der Waals surface area contributed by atoms with Crippen molar-refractivity contribution in [2.75, 3.05) is 0 Å². The number of benzene rings is 1. The molecule has 1 aromatic heterocycles. The summed E-state index contributed by atoms with van der Waals surface area (Å²) in [6.45, 7) is 8.19. The molecule has 3 nitrogen and oxygen atoms in total. The molecule has 0 unspecified atom stereocenters. The number of aromatic nitrogens is 2. The summed E-state index contributed by atoms with van der Waals surface area (Å²) < 4.78 is 0. The molecule has 1 heterocycles. The van der Waals surface area contributed by atoms with Crippen LogP contribution in [0.3, 0.4) is 0 Å². The van der Waals surface area contributed by atoms with Gasteiger partial charge >= 0.3 is 0 Å². The van der Waals surface area contributed by atoms with Crippen LogP contribution in [0.1, 0.15) is 37.4 Å². The van der Waals surface area contributed by atoms with Gasteiger partial charge in [-0.2, -0.15) is 0 Å². The fraction of sp³-hybridized carbons (Fsp3) is 0.412. The summed E-state index contributed by atoms with van der Waals surface area (Å²) in [5.74, 6) is 0.877. The van der Waals surface area contributed by atoms with Crippen LogP contribution in [0.4, 0.5) is 0 Å². The molecule has 0 aliphatic heterocycles. The Labute approximate surface area is 121 Å². The molecule has 106 valence electrons. The van der Waals surface area contributed by atoms with Crippen LogP contribution in [0, 0.1) is 13.8 Å². The van der Waals surface area contributed by atoms with E-state index in [9.17, 15) is 0 Å². The van der Waals surface area contributed by atoms with Gasteiger partial charge in [-0.15, -0.1) is 0 Å². The van der Waals surface area contributed by atoms with Crippen LogP contribution in [0.5, 0.6) is 0 Å². The van der Waals surface area contributed by atoms with Gasteiger partial charge in [-0.3, -0.25) is 0 Å². The van der Waals surface area contributed by atoms with Crippen LogP contribution in [0.25, 0.3) is 11.3 Å². The maximum atomic E-state index is 6.04. The van der Waals surface area contributed by atoms with Crippen molar-refractivity contribution in [3.8, 4) is 11.3 Å². The van der Waals surface area contributed by atoms with Crippen LogP contribution in [0.2, 0.25) is 0 Å². The molecule has 1 aromatic carbocycles. The fourth-order valence-electron chi connectivity index (χ4n) is 2.17. The van der Waals surface area contributed by atoms with E-state index >= 15 is 0 Å². The maximum absolute atomic E-state index is 6.04. The van der Waals surface area contributed by atoms with Gasteiger partial charge in [0.25, 0.3) is 0 Å². The highest BCUT2D eigenvalue weighted by Crippen LogP contribution is 2.22. The molecule has 0 aliphatic rings. The normalized spacial score (nSPS) is 11.7. The molecule has 0 amide bonds. The predicted octanol–water partition coefficient (Wildman–Crippen LogP) is 3.43. The van der Waals surface area contributed by atoms with Crippen molar-refractivity contribution in [2.24, 2.45) is 5.73 Å². The number of hydrogen-bond donors (Lipinski definition) is 1. The van der Waals surface area contributed by atoms with E-state index in [0.29, 0.717) is 0 Å². The van der Waals surface area contributed by atoms with E-state index < -0.39 is 0 Å². The Morgan fingerprint density at radius 3 is 2.45 bits per heavy atom. The molecule has 0 fully saturated rings. The third kappa shape index (κ3) is 3.87. The summed E-state index contributed by atoms with van der Waals surface area (Å²) >= 11 is 0. The lowest BCUT2D eigenvalue weighted by Crippen LogP contribution is -2.32. The Balaban J connectivity index is 2.32. The van der Waals surface area contributed by atoms with Crippen molar-refractivity contribution in [1.82, 2.24) is 9.97 Å². The van der Waals surface area contributed by atoms with Crippen LogP contribution in [0.15, 0.2) is 30.3 Å². The first-order valence-electron chi connectivity index (χ1n) is 7.04. The maximum Gasteiger partial charge on any atom is 0.129 e. The summed E-state index contributed by atoms with van der Waals surface area (Å²) in [5.41, 5.74) is 10.3. The number of nitrogens with zero attached hydrogens (tertiary/aromatic N) is 2. The van der Waals surface area contributed by atoms with Crippen molar-refractivity contribution in [3.05, 3.63) is 47.4 Å². The highest BCUT2D eigenvalue weighted by molar-refractivity contribution is 5.63. The first-order valence-corrected chi connectivity index (χ1v) is 7.04. The summed E-state index contributed by atoms with van der Waals surface area (Å²) in [6, 6.07) is 10.3. The fourth-order valence-corrected chi connectivity index (χ4v) is 2.17. The third-order valence-corrected chi connectivity index (χ3v) is 3.31. The van der Waals surface area contributed by atoms with Gasteiger partial charge < -0.3 is 5.73 Å². The lowest BCUT2D eigenvalue weighted by atomic mass is 9.99. The lowest BCUT2D eigenvalue weighted by Gasteiger charge is -2.17. The molecule has 20 heavy (non-hydrogen) atoms. The zero-order chi connectivity index (χ0) is 14.8. The second-order valence-corrected chi connectivity index (χ2v) is 6.11. The Kier molecular flexibility index (Phi) is 4.19. The van der Waals surface area contributed by atoms with Gasteiger partial charge in [-0.1, -0.05) is 24.3 Å². The Morgan fingerprint density at radius 2 is 1.80 bits per heavy atom. The van der Waals surface area contributed by atoms with Crippen LogP contribution >= 0.6 is 0 Å². The minimum atomic E-state index is -0.185. The molecule has 0 bridgehead atoms. The molecule has 2 rings (SSSR count). The topological polar surface area (TPSA) is 51.8 Å². The molecular weight excluding hydrogens is 246 g/mol. The van der Waals surface area contributed by atoms with Gasteiger partial charge in [-0.25, -0.2) is 9.97 Å². The van der Waals surface area contributed by atoms with Crippen LogP contribution < -0.4 is 5.73 Å². The average molecular weight is 269 g/mol.